The third kappa shape index (κ3) is 67.9. The zero-order valence-electron chi connectivity index (χ0n) is 62.7. The molecule has 0 aromatic heterocycles. The van der Waals surface area contributed by atoms with Crippen LogP contribution >= 0.6 is 15.6 Å². The van der Waals surface area contributed by atoms with Gasteiger partial charge in [-0.25, -0.2) is 9.13 Å². The van der Waals surface area contributed by atoms with Crippen LogP contribution < -0.4 is 0 Å². The predicted octanol–water partition coefficient (Wildman–Crippen LogP) is 22.7. The molecule has 0 fully saturated rings. The van der Waals surface area contributed by atoms with Crippen LogP contribution in [0.1, 0.15) is 401 Å². The van der Waals surface area contributed by atoms with Crippen LogP contribution in [0.25, 0.3) is 0 Å². The molecule has 17 nitrogen and oxygen atoms in total. The highest BCUT2D eigenvalue weighted by Gasteiger charge is 2.30. The molecule has 0 heterocycles. The first-order valence-corrected chi connectivity index (χ1v) is 43.1. The van der Waals surface area contributed by atoms with Crippen molar-refractivity contribution < 1.29 is 80.2 Å². The topological polar surface area (TPSA) is 237 Å². The molecule has 0 radical (unpaired) electrons. The van der Waals surface area contributed by atoms with Gasteiger partial charge in [-0.2, -0.15) is 0 Å². The highest BCUT2D eigenvalue weighted by Crippen LogP contribution is 2.45. The van der Waals surface area contributed by atoms with Crippen molar-refractivity contribution in [2.24, 2.45) is 11.8 Å². The van der Waals surface area contributed by atoms with E-state index in [0.717, 1.165) is 102 Å². The van der Waals surface area contributed by atoms with E-state index in [-0.39, 0.29) is 25.7 Å². The number of carbonyl (C=O) groups is 4. The van der Waals surface area contributed by atoms with Crippen molar-refractivity contribution in [1.82, 2.24) is 0 Å². The van der Waals surface area contributed by atoms with Gasteiger partial charge >= 0.3 is 39.5 Å². The van der Waals surface area contributed by atoms with Crippen LogP contribution in [-0.2, 0) is 65.4 Å². The van der Waals surface area contributed by atoms with Gasteiger partial charge in [0.1, 0.15) is 19.3 Å². The summed E-state index contributed by atoms with van der Waals surface area (Å²) in [7, 11) is -9.91. The van der Waals surface area contributed by atoms with Gasteiger partial charge in [-0.05, 0) is 37.5 Å². The SMILES string of the molecule is CCCCCCCCCCCCCCCCCCCC(=O)O[C@H](COC(=O)CCCCCCCCCCCCC(C)CC)COP(=O)(O)OC[C@@H](O)COP(=O)(O)OC[C@@H](COC(=O)CCCCCCCCCCC(C)CC)OC(=O)CCCCCCCCCCCCCCC. The molecule has 0 spiro atoms. The predicted molar refractivity (Wildman–Crippen MR) is 391 cm³/mol. The molecule has 0 amide bonds. The van der Waals surface area contributed by atoms with Gasteiger partial charge in [0, 0.05) is 25.7 Å². The maximum absolute atomic E-state index is 13.1. The van der Waals surface area contributed by atoms with E-state index in [4.69, 9.17) is 37.0 Å². The average Bonchev–Trinajstić information content (AvgIpc) is 1.38. The molecule has 3 N–H and O–H groups in total. The fourth-order valence-corrected chi connectivity index (χ4v) is 13.3. The minimum atomic E-state index is -4.96. The third-order valence-electron chi connectivity index (χ3n) is 18.7. The Labute approximate surface area is 588 Å². The number of ether oxygens (including phenoxy) is 4. The summed E-state index contributed by atoms with van der Waals surface area (Å²) < 4.78 is 68.6. The molecule has 19 heteroatoms. The lowest BCUT2D eigenvalue weighted by Crippen LogP contribution is -2.30. The van der Waals surface area contributed by atoms with Crippen molar-refractivity contribution in [2.45, 2.75) is 419 Å². The smallest absolute Gasteiger partial charge is 0.462 e. The highest BCUT2D eigenvalue weighted by atomic mass is 31.2. The molecule has 0 aliphatic carbocycles. The fraction of sp³-hybridized carbons (Fsp3) is 0.948. The number of hydrogen-bond acceptors (Lipinski definition) is 15. The summed E-state index contributed by atoms with van der Waals surface area (Å²) in [5.41, 5.74) is 0. The van der Waals surface area contributed by atoms with Crippen molar-refractivity contribution in [2.75, 3.05) is 39.6 Å². The molecule has 0 rings (SSSR count). The number of unbranched alkanes of at least 4 members (excludes halogenated alkanes) is 44. The molecule has 7 atom stereocenters. The van der Waals surface area contributed by atoms with Crippen LogP contribution in [0.4, 0.5) is 0 Å². The molecule has 0 aliphatic heterocycles. The Morgan fingerprint density at radius 1 is 0.292 bits per heavy atom. The number of carbonyl (C=O) groups excluding carboxylic acids is 4. The summed E-state index contributed by atoms with van der Waals surface area (Å²) in [5.74, 6) is -0.525. The molecule has 0 aromatic rings. The van der Waals surface area contributed by atoms with Crippen molar-refractivity contribution >= 4 is 39.5 Å². The normalized spacial score (nSPS) is 14.6. The number of phosphoric ester groups is 2. The van der Waals surface area contributed by atoms with E-state index in [0.29, 0.717) is 25.7 Å². The minimum Gasteiger partial charge on any atom is -0.462 e. The number of rotatable bonds is 76. The zero-order valence-corrected chi connectivity index (χ0v) is 64.5. The highest BCUT2D eigenvalue weighted by molar-refractivity contribution is 7.47. The number of aliphatic hydroxyl groups is 1. The fourth-order valence-electron chi connectivity index (χ4n) is 11.8. The van der Waals surface area contributed by atoms with Gasteiger partial charge in [-0.1, -0.05) is 350 Å². The van der Waals surface area contributed by atoms with Crippen molar-refractivity contribution in [3.63, 3.8) is 0 Å². The Hall–Kier alpha value is -1.94. The monoisotopic (exact) mass is 1410 g/mol. The zero-order chi connectivity index (χ0) is 70.7. The summed E-state index contributed by atoms with van der Waals surface area (Å²) in [6.07, 6.45) is 56.6. The first-order chi connectivity index (χ1) is 46.4. The van der Waals surface area contributed by atoms with E-state index in [1.165, 1.54) is 218 Å². The molecule has 96 heavy (non-hydrogen) atoms. The number of aliphatic hydroxyl groups excluding tert-OH is 1. The Balaban J connectivity index is 5.27. The van der Waals surface area contributed by atoms with Crippen molar-refractivity contribution in [3.05, 3.63) is 0 Å². The molecule has 0 saturated carbocycles. The van der Waals surface area contributed by atoms with Crippen LogP contribution in [0.15, 0.2) is 0 Å². The van der Waals surface area contributed by atoms with E-state index in [1.807, 2.05) is 0 Å². The van der Waals surface area contributed by atoms with Crippen molar-refractivity contribution in [3.8, 4) is 0 Å². The largest absolute Gasteiger partial charge is 0.472 e. The molecular weight excluding hydrogens is 1260 g/mol. The quantitative estimate of drug-likeness (QED) is 0.0222. The molecule has 0 saturated heterocycles. The lowest BCUT2D eigenvalue weighted by atomic mass is 9.99. The van der Waals surface area contributed by atoms with Crippen LogP contribution in [-0.4, -0.2) is 96.7 Å². The first kappa shape index (κ1) is 94.1. The molecule has 0 aromatic carbocycles. The van der Waals surface area contributed by atoms with Crippen LogP contribution in [0, 0.1) is 11.8 Å². The Morgan fingerprint density at radius 2 is 0.500 bits per heavy atom. The standard InChI is InChI=1S/C77H150O17P2/c1-7-11-13-15-17-19-21-23-24-25-26-28-30-36-44-50-56-62-77(82)93-72(65-87-74(79)59-53-47-41-34-32-31-33-39-45-51-57-69(5)9-3)67-91-95(83,84)89-63-71(78)64-90-96(85,86)92-68-73(66-88-75(80)60-54-48-42-38-37-40-46-52-58-70(6)10-4)94-76(81)61-55-49-43-35-29-27-22-20-18-16-14-12-8-2/h69-73,78H,7-68H2,1-6H3,(H,83,84)(H,85,86)/t69?,70?,71-,72-,73-/m1/s1. The summed E-state index contributed by atoms with van der Waals surface area (Å²) in [4.78, 5) is 72.9. The minimum absolute atomic E-state index is 0.107. The van der Waals surface area contributed by atoms with Gasteiger partial charge in [0.25, 0.3) is 0 Å². The van der Waals surface area contributed by atoms with Crippen LogP contribution in [0.2, 0.25) is 0 Å². The summed E-state index contributed by atoms with van der Waals surface area (Å²) in [6, 6.07) is 0. The van der Waals surface area contributed by atoms with Crippen LogP contribution in [0.3, 0.4) is 0 Å². The maximum Gasteiger partial charge on any atom is 0.472 e. The second-order valence-corrected chi connectivity index (χ2v) is 31.1. The molecule has 4 unspecified atom stereocenters. The summed E-state index contributed by atoms with van der Waals surface area (Å²) >= 11 is 0. The summed E-state index contributed by atoms with van der Waals surface area (Å²) in [6.45, 7) is 9.64. The number of phosphoric acid groups is 2. The lowest BCUT2D eigenvalue weighted by molar-refractivity contribution is -0.161. The maximum atomic E-state index is 13.1. The van der Waals surface area contributed by atoms with E-state index in [1.54, 1.807) is 0 Å². The van der Waals surface area contributed by atoms with Crippen molar-refractivity contribution in [1.29, 1.82) is 0 Å². The van der Waals surface area contributed by atoms with Gasteiger partial charge in [0.05, 0.1) is 26.4 Å². The first-order valence-electron chi connectivity index (χ1n) is 40.1. The van der Waals surface area contributed by atoms with E-state index >= 15 is 0 Å². The molecule has 570 valence electrons. The number of esters is 4. The summed E-state index contributed by atoms with van der Waals surface area (Å²) in [5, 5.41) is 10.6. The third-order valence-corrected chi connectivity index (χ3v) is 20.6. The van der Waals surface area contributed by atoms with E-state index in [9.17, 15) is 43.2 Å². The van der Waals surface area contributed by atoms with Gasteiger partial charge < -0.3 is 33.8 Å². The number of hydrogen-bond donors (Lipinski definition) is 3. The Bertz CT molecular complexity index is 1860. The van der Waals surface area contributed by atoms with Gasteiger partial charge in [0.15, 0.2) is 12.2 Å². The molecular formula is C77H150O17P2. The van der Waals surface area contributed by atoms with E-state index < -0.39 is 97.5 Å². The molecule has 0 bridgehead atoms. The van der Waals surface area contributed by atoms with Gasteiger partial charge in [0.2, 0.25) is 0 Å². The second kappa shape index (κ2) is 68.8. The Morgan fingerprint density at radius 3 is 0.740 bits per heavy atom. The lowest BCUT2D eigenvalue weighted by Gasteiger charge is -2.21. The van der Waals surface area contributed by atoms with Crippen LogP contribution in [0.5, 0.6) is 0 Å². The average molecular weight is 1410 g/mol. The van der Waals surface area contributed by atoms with E-state index in [2.05, 4.69) is 41.5 Å². The molecule has 0 aliphatic rings. The van der Waals surface area contributed by atoms with Gasteiger partial charge in [-0.3, -0.25) is 37.3 Å². The van der Waals surface area contributed by atoms with Gasteiger partial charge in [-0.15, -0.1) is 0 Å². The Kier molecular flexibility index (Phi) is 67.4. The second-order valence-electron chi connectivity index (χ2n) is 28.2.